The molecule has 1 aliphatic carbocycles. The molecular formula is C16H23NO2. The maximum absolute atomic E-state index is 11.8. The van der Waals surface area contributed by atoms with E-state index in [2.05, 4.69) is 17.4 Å². The van der Waals surface area contributed by atoms with Crippen LogP contribution in [0, 0.1) is 0 Å². The molecule has 2 rings (SSSR count). The van der Waals surface area contributed by atoms with Crippen LogP contribution in [0.2, 0.25) is 0 Å². The number of nitrogens with one attached hydrogen (secondary N) is 1. The summed E-state index contributed by atoms with van der Waals surface area (Å²) in [5.74, 6) is -0.0787. The molecule has 0 spiro atoms. The van der Waals surface area contributed by atoms with Crippen molar-refractivity contribution in [3.8, 4) is 0 Å². The van der Waals surface area contributed by atoms with Crippen LogP contribution in [0.5, 0.6) is 0 Å². The molecule has 1 fully saturated rings. The summed E-state index contributed by atoms with van der Waals surface area (Å²) in [6.07, 6.45) is 5.02. The zero-order valence-corrected chi connectivity index (χ0v) is 11.7. The van der Waals surface area contributed by atoms with E-state index in [1.165, 1.54) is 18.4 Å². The third-order valence-corrected chi connectivity index (χ3v) is 3.86. The SMILES string of the molecule is CCOC(=O)CC1(NCc2ccccc2)CCCC1. The summed E-state index contributed by atoms with van der Waals surface area (Å²) in [5.41, 5.74) is 1.21. The van der Waals surface area contributed by atoms with Crippen molar-refractivity contribution in [3.63, 3.8) is 0 Å². The Morgan fingerprint density at radius 1 is 1.26 bits per heavy atom. The zero-order chi connectivity index (χ0) is 13.6. The van der Waals surface area contributed by atoms with Gasteiger partial charge in [-0.05, 0) is 25.3 Å². The largest absolute Gasteiger partial charge is 0.466 e. The number of ether oxygens (including phenoxy) is 1. The van der Waals surface area contributed by atoms with Gasteiger partial charge in [-0.25, -0.2) is 0 Å². The molecule has 1 aliphatic rings. The lowest BCUT2D eigenvalue weighted by atomic mass is 9.93. The van der Waals surface area contributed by atoms with Gasteiger partial charge in [0, 0.05) is 12.1 Å². The number of hydrogen-bond donors (Lipinski definition) is 1. The topological polar surface area (TPSA) is 38.3 Å². The second-order valence-electron chi connectivity index (χ2n) is 5.31. The highest BCUT2D eigenvalue weighted by Crippen LogP contribution is 2.33. The maximum Gasteiger partial charge on any atom is 0.307 e. The first-order chi connectivity index (χ1) is 9.24. The van der Waals surface area contributed by atoms with E-state index < -0.39 is 0 Å². The molecule has 3 nitrogen and oxygen atoms in total. The predicted octanol–water partition coefficient (Wildman–Crippen LogP) is 3.04. The lowest BCUT2D eigenvalue weighted by Gasteiger charge is -2.29. The number of benzene rings is 1. The van der Waals surface area contributed by atoms with Crippen molar-refractivity contribution in [1.29, 1.82) is 0 Å². The molecule has 0 radical (unpaired) electrons. The van der Waals surface area contributed by atoms with Gasteiger partial charge >= 0.3 is 5.97 Å². The van der Waals surface area contributed by atoms with Gasteiger partial charge in [-0.3, -0.25) is 4.79 Å². The van der Waals surface area contributed by atoms with E-state index in [1.807, 2.05) is 25.1 Å². The van der Waals surface area contributed by atoms with Gasteiger partial charge in [0.2, 0.25) is 0 Å². The Hall–Kier alpha value is -1.35. The van der Waals surface area contributed by atoms with Crippen molar-refractivity contribution in [2.75, 3.05) is 6.61 Å². The lowest BCUT2D eigenvalue weighted by Crippen LogP contribution is -2.44. The Morgan fingerprint density at radius 2 is 1.95 bits per heavy atom. The summed E-state index contributed by atoms with van der Waals surface area (Å²) in [4.78, 5) is 11.8. The average molecular weight is 261 g/mol. The van der Waals surface area contributed by atoms with Crippen LogP contribution in [0.15, 0.2) is 30.3 Å². The van der Waals surface area contributed by atoms with Crippen molar-refractivity contribution in [2.45, 2.75) is 51.1 Å². The first kappa shape index (κ1) is 14.1. The van der Waals surface area contributed by atoms with Gasteiger partial charge in [0.05, 0.1) is 13.0 Å². The molecule has 1 N–H and O–H groups in total. The molecule has 0 saturated heterocycles. The minimum atomic E-state index is -0.0787. The van der Waals surface area contributed by atoms with E-state index in [9.17, 15) is 4.79 Å². The smallest absolute Gasteiger partial charge is 0.307 e. The van der Waals surface area contributed by atoms with Crippen molar-refractivity contribution < 1.29 is 9.53 Å². The van der Waals surface area contributed by atoms with Crippen LogP contribution in [0.1, 0.15) is 44.6 Å². The Bertz CT molecular complexity index is 396. The Morgan fingerprint density at radius 3 is 2.58 bits per heavy atom. The molecule has 3 heteroatoms. The predicted molar refractivity (Wildman–Crippen MR) is 75.7 cm³/mol. The van der Waals surface area contributed by atoms with Crippen LogP contribution < -0.4 is 5.32 Å². The molecular weight excluding hydrogens is 238 g/mol. The quantitative estimate of drug-likeness (QED) is 0.800. The highest BCUT2D eigenvalue weighted by molar-refractivity contribution is 5.71. The van der Waals surface area contributed by atoms with Gasteiger partial charge in [0.15, 0.2) is 0 Å². The van der Waals surface area contributed by atoms with Crippen molar-refractivity contribution >= 4 is 5.97 Å². The van der Waals surface area contributed by atoms with Gasteiger partial charge in [-0.1, -0.05) is 43.2 Å². The number of carbonyl (C=O) groups excluding carboxylic acids is 1. The summed E-state index contributed by atoms with van der Waals surface area (Å²) in [6.45, 7) is 3.14. The van der Waals surface area contributed by atoms with Crippen LogP contribution in [-0.4, -0.2) is 18.1 Å². The van der Waals surface area contributed by atoms with Crippen LogP contribution >= 0.6 is 0 Å². The number of esters is 1. The van der Waals surface area contributed by atoms with E-state index in [-0.39, 0.29) is 11.5 Å². The fraction of sp³-hybridized carbons (Fsp3) is 0.562. The van der Waals surface area contributed by atoms with Gasteiger partial charge in [-0.15, -0.1) is 0 Å². The fourth-order valence-corrected chi connectivity index (χ4v) is 2.84. The molecule has 1 aromatic rings. The summed E-state index contributed by atoms with van der Waals surface area (Å²) >= 11 is 0. The molecule has 0 amide bonds. The van der Waals surface area contributed by atoms with Crippen LogP contribution in [0.25, 0.3) is 0 Å². The molecule has 0 bridgehead atoms. The third kappa shape index (κ3) is 4.06. The summed E-state index contributed by atoms with van der Waals surface area (Å²) in [6, 6.07) is 10.3. The van der Waals surface area contributed by atoms with Gasteiger partial charge in [0.25, 0.3) is 0 Å². The fourth-order valence-electron chi connectivity index (χ4n) is 2.84. The molecule has 0 aromatic heterocycles. The molecule has 0 atom stereocenters. The van der Waals surface area contributed by atoms with Gasteiger partial charge < -0.3 is 10.1 Å². The Balaban J connectivity index is 1.94. The summed E-state index contributed by atoms with van der Waals surface area (Å²) in [5, 5.41) is 3.60. The van der Waals surface area contributed by atoms with Crippen LogP contribution in [0.4, 0.5) is 0 Å². The number of hydrogen-bond acceptors (Lipinski definition) is 3. The Labute approximate surface area is 115 Å². The highest BCUT2D eigenvalue weighted by atomic mass is 16.5. The number of carbonyl (C=O) groups is 1. The maximum atomic E-state index is 11.8. The molecule has 0 aliphatic heterocycles. The lowest BCUT2D eigenvalue weighted by molar-refractivity contribution is -0.144. The first-order valence-electron chi connectivity index (χ1n) is 7.19. The minimum Gasteiger partial charge on any atom is -0.466 e. The monoisotopic (exact) mass is 261 g/mol. The summed E-state index contributed by atoms with van der Waals surface area (Å²) in [7, 11) is 0. The van der Waals surface area contributed by atoms with Gasteiger partial charge in [-0.2, -0.15) is 0 Å². The van der Waals surface area contributed by atoms with E-state index >= 15 is 0 Å². The van der Waals surface area contributed by atoms with Crippen molar-refractivity contribution in [1.82, 2.24) is 5.32 Å². The normalized spacial score (nSPS) is 17.3. The molecule has 19 heavy (non-hydrogen) atoms. The molecule has 0 unspecified atom stereocenters. The average Bonchev–Trinajstić information content (AvgIpc) is 2.87. The van der Waals surface area contributed by atoms with E-state index in [1.54, 1.807) is 0 Å². The number of rotatable bonds is 6. The highest BCUT2D eigenvalue weighted by Gasteiger charge is 2.35. The third-order valence-electron chi connectivity index (χ3n) is 3.86. The minimum absolute atomic E-state index is 0.0535. The van der Waals surface area contributed by atoms with E-state index in [0.29, 0.717) is 13.0 Å². The molecule has 104 valence electrons. The van der Waals surface area contributed by atoms with E-state index in [0.717, 1.165) is 19.4 Å². The zero-order valence-electron chi connectivity index (χ0n) is 11.7. The van der Waals surface area contributed by atoms with Crippen molar-refractivity contribution in [3.05, 3.63) is 35.9 Å². The molecule has 1 saturated carbocycles. The van der Waals surface area contributed by atoms with Crippen LogP contribution in [0.3, 0.4) is 0 Å². The molecule has 1 aromatic carbocycles. The summed E-state index contributed by atoms with van der Waals surface area (Å²) < 4.78 is 5.10. The first-order valence-corrected chi connectivity index (χ1v) is 7.19. The van der Waals surface area contributed by atoms with E-state index in [4.69, 9.17) is 4.74 Å². The Kier molecular flexibility index (Phi) is 4.97. The molecule has 0 heterocycles. The second-order valence-corrected chi connectivity index (χ2v) is 5.31. The van der Waals surface area contributed by atoms with Crippen LogP contribution in [-0.2, 0) is 16.1 Å². The second kappa shape index (κ2) is 6.71. The van der Waals surface area contributed by atoms with Gasteiger partial charge in [0.1, 0.15) is 0 Å². The van der Waals surface area contributed by atoms with Crippen molar-refractivity contribution in [2.24, 2.45) is 0 Å². The standard InChI is InChI=1S/C16H23NO2/c1-2-19-15(18)12-16(10-6-7-11-16)17-13-14-8-4-3-5-9-14/h3-5,8-9,17H,2,6-7,10-13H2,1H3.